The van der Waals surface area contributed by atoms with Crippen molar-refractivity contribution in [3.63, 3.8) is 0 Å². The molecule has 0 aliphatic heterocycles. The molecule has 2 aromatic heterocycles. The van der Waals surface area contributed by atoms with E-state index in [2.05, 4.69) is 21.6 Å². The van der Waals surface area contributed by atoms with E-state index in [1.54, 1.807) is 13.0 Å². The number of aromatic nitrogens is 2. The van der Waals surface area contributed by atoms with E-state index in [4.69, 9.17) is 5.14 Å². The highest BCUT2D eigenvalue weighted by atomic mass is 32.2. The molecule has 0 saturated heterocycles. The van der Waals surface area contributed by atoms with Crippen LogP contribution in [0.4, 0.5) is 5.82 Å². The minimum atomic E-state index is -3.65. The number of hydrogen-bond donors (Lipinski definition) is 2. The molecule has 7 nitrogen and oxygen atoms in total. The maximum atomic E-state index is 11.2. The van der Waals surface area contributed by atoms with Crippen molar-refractivity contribution in [1.29, 1.82) is 5.26 Å². The summed E-state index contributed by atoms with van der Waals surface area (Å²) in [5.74, 6) is 0.439. The van der Waals surface area contributed by atoms with Crippen molar-refractivity contribution in [2.24, 2.45) is 5.14 Å². The fraction of sp³-hybridized carbons (Fsp3) is 0.308. The summed E-state index contributed by atoms with van der Waals surface area (Å²) in [6, 6.07) is 5.34. The molecule has 0 atom stereocenters. The van der Waals surface area contributed by atoms with E-state index in [0.29, 0.717) is 24.3 Å². The van der Waals surface area contributed by atoms with Crippen LogP contribution in [0.25, 0.3) is 0 Å². The van der Waals surface area contributed by atoms with Crippen molar-refractivity contribution < 1.29 is 8.42 Å². The summed E-state index contributed by atoms with van der Waals surface area (Å²) >= 11 is 1.14. The quantitative estimate of drug-likeness (QED) is 0.848. The number of nitrogens with zero attached hydrogens (tertiary/aromatic N) is 3. The fourth-order valence-electron chi connectivity index (χ4n) is 1.82. The number of hydrogen-bond acceptors (Lipinski definition) is 7. The summed E-state index contributed by atoms with van der Waals surface area (Å²) in [6.07, 6.45) is 0.597. The van der Waals surface area contributed by atoms with E-state index in [-0.39, 0.29) is 4.21 Å². The third-order valence-electron chi connectivity index (χ3n) is 3.15. The Hall–Kier alpha value is -2.02. The lowest BCUT2D eigenvalue weighted by atomic mass is 10.1. The molecular formula is C13H15N5O2S2. The summed E-state index contributed by atoms with van der Waals surface area (Å²) in [5, 5.41) is 25.3. The Labute approximate surface area is 132 Å². The van der Waals surface area contributed by atoms with Crippen LogP contribution in [0.1, 0.15) is 21.7 Å². The van der Waals surface area contributed by atoms with Crippen LogP contribution in [-0.4, -0.2) is 25.2 Å². The Kier molecular flexibility index (Phi) is 4.75. The zero-order valence-electron chi connectivity index (χ0n) is 12.1. The van der Waals surface area contributed by atoms with Gasteiger partial charge in [-0.15, -0.1) is 16.4 Å². The zero-order valence-corrected chi connectivity index (χ0v) is 13.8. The number of nitrogens with one attached hydrogen (secondary N) is 1. The average molecular weight is 337 g/mol. The number of primary sulfonamides is 1. The lowest BCUT2D eigenvalue weighted by molar-refractivity contribution is 0.600. The van der Waals surface area contributed by atoms with Crippen LogP contribution in [0, 0.1) is 25.2 Å². The Morgan fingerprint density at radius 2 is 2.09 bits per heavy atom. The first-order valence-corrected chi connectivity index (χ1v) is 8.78. The first-order chi connectivity index (χ1) is 10.3. The maximum absolute atomic E-state index is 11.2. The Morgan fingerprint density at radius 1 is 1.36 bits per heavy atom. The number of nitriles is 1. The van der Waals surface area contributed by atoms with Gasteiger partial charge in [-0.05, 0) is 38.0 Å². The minimum absolute atomic E-state index is 0.145. The predicted octanol–water partition coefficient (Wildman–Crippen LogP) is 1.33. The Balaban J connectivity index is 2.05. The second kappa shape index (κ2) is 6.39. The predicted molar refractivity (Wildman–Crippen MR) is 84.1 cm³/mol. The van der Waals surface area contributed by atoms with Gasteiger partial charge in [0.2, 0.25) is 10.0 Å². The number of nitrogens with two attached hydrogens (primary N) is 1. The maximum Gasteiger partial charge on any atom is 0.247 e. The topological polar surface area (TPSA) is 122 Å². The number of sulfonamides is 1. The minimum Gasteiger partial charge on any atom is -0.367 e. The largest absolute Gasteiger partial charge is 0.367 e. The van der Waals surface area contributed by atoms with Crippen LogP contribution in [-0.2, 0) is 16.4 Å². The molecule has 0 radical (unpaired) electrons. The van der Waals surface area contributed by atoms with Crippen molar-refractivity contribution >= 4 is 27.2 Å². The highest BCUT2D eigenvalue weighted by molar-refractivity contribution is 7.91. The summed E-state index contributed by atoms with van der Waals surface area (Å²) in [5.41, 5.74) is 2.00. The van der Waals surface area contributed by atoms with Crippen LogP contribution >= 0.6 is 11.3 Å². The van der Waals surface area contributed by atoms with E-state index in [0.717, 1.165) is 27.5 Å². The van der Waals surface area contributed by atoms with Gasteiger partial charge in [-0.1, -0.05) is 0 Å². The molecular weight excluding hydrogens is 322 g/mol. The molecule has 0 spiro atoms. The lowest BCUT2D eigenvalue weighted by Crippen LogP contribution is -2.10. The van der Waals surface area contributed by atoms with E-state index in [1.165, 1.54) is 6.07 Å². The molecule has 2 rings (SSSR count). The molecule has 0 amide bonds. The van der Waals surface area contributed by atoms with Gasteiger partial charge in [0.05, 0.1) is 5.69 Å². The van der Waals surface area contributed by atoms with E-state index in [9.17, 15) is 13.7 Å². The molecule has 9 heteroatoms. The Bertz CT molecular complexity index is 837. The molecule has 0 aliphatic rings. The monoisotopic (exact) mass is 337 g/mol. The molecule has 0 bridgehead atoms. The molecule has 0 unspecified atom stereocenters. The molecule has 0 aliphatic carbocycles. The van der Waals surface area contributed by atoms with Crippen LogP contribution in [0.15, 0.2) is 16.3 Å². The highest BCUT2D eigenvalue weighted by Crippen LogP contribution is 2.21. The number of thiophene rings is 1. The van der Waals surface area contributed by atoms with Gasteiger partial charge in [-0.3, -0.25) is 0 Å². The van der Waals surface area contributed by atoms with Crippen LogP contribution in [0.5, 0.6) is 0 Å². The standard InChI is InChI=1S/C13H15N5O2S2/c1-8-9(2)17-18-13(11(8)7-14)16-6-5-10-3-4-12(21-10)22(15,19)20/h3-4H,5-6H2,1-2H3,(H,16,18)(H2,15,19,20). The second-order valence-corrected chi connectivity index (χ2v) is 7.64. The summed E-state index contributed by atoms with van der Waals surface area (Å²) in [6.45, 7) is 4.13. The van der Waals surface area contributed by atoms with Crippen molar-refractivity contribution in [3.8, 4) is 6.07 Å². The third-order valence-corrected chi connectivity index (χ3v) is 5.73. The van der Waals surface area contributed by atoms with Gasteiger partial charge in [-0.25, -0.2) is 13.6 Å². The van der Waals surface area contributed by atoms with Gasteiger partial charge < -0.3 is 5.32 Å². The van der Waals surface area contributed by atoms with Crippen molar-refractivity contribution in [3.05, 3.63) is 33.8 Å². The van der Waals surface area contributed by atoms with Gasteiger partial charge in [0.25, 0.3) is 0 Å². The first-order valence-electron chi connectivity index (χ1n) is 6.42. The molecule has 0 fully saturated rings. The smallest absolute Gasteiger partial charge is 0.247 e. The molecule has 3 N–H and O–H groups in total. The van der Waals surface area contributed by atoms with Crippen molar-refractivity contribution in [2.45, 2.75) is 24.5 Å². The van der Waals surface area contributed by atoms with Gasteiger partial charge in [0.15, 0.2) is 5.82 Å². The highest BCUT2D eigenvalue weighted by Gasteiger charge is 2.12. The third kappa shape index (κ3) is 3.59. The normalized spacial score (nSPS) is 11.2. The second-order valence-electron chi connectivity index (χ2n) is 4.69. The first kappa shape index (κ1) is 16.4. The number of rotatable bonds is 5. The zero-order chi connectivity index (χ0) is 16.3. The van der Waals surface area contributed by atoms with Gasteiger partial charge in [0, 0.05) is 11.4 Å². The molecule has 22 heavy (non-hydrogen) atoms. The molecule has 2 aromatic rings. The van der Waals surface area contributed by atoms with Crippen molar-refractivity contribution in [2.75, 3.05) is 11.9 Å². The molecule has 116 valence electrons. The molecule has 0 saturated carbocycles. The fourth-order valence-corrected chi connectivity index (χ4v) is 3.60. The van der Waals surface area contributed by atoms with Gasteiger partial charge in [0.1, 0.15) is 15.8 Å². The summed E-state index contributed by atoms with van der Waals surface area (Å²) in [7, 11) is -3.65. The number of aryl methyl sites for hydroxylation is 1. The average Bonchev–Trinajstić information content (AvgIpc) is 2.92. The summed E-state index contributed by atoms with van der Waals surface area (Å²) < 4.78 is 22.6. The number of anilines is 1. The van der Waals surface area contributed by atoms with Gasteiger partial charge in [-0.2, -0.15) is 10.4 Å². The van der Waals surface area contributed by atoms with Crippen LogP contribution in [0.3, 0.4) is 0 Å². The van der Waals surface area contributed by atoms with Crippen molar-refractivity contribution in [1.82, 2.24) is 10.2 Å². The lowest BCUT2D eigenvalue weighted by Gasteiger charge is -2.08. The van der Waals surface area contributed by atoms with Crippen LogP contribution in [0.2, 0.25) is 0 Å². The molecule has 2 heterocycles. The van der Waals surface area contributed by atoms with Crippen LogP contribution < -0.4 is 10.5 Å². The summed E-state index contributed by atoms with van der Waals surface area (Å²) in [4.78, 5) is 0.881. The van der Waals surface area contributed by atoms with Gasteiger partial charge >= 0.3 is 0 Å². The molecule has 0 aromatic carbocycles. The van der Waals surface area contributed by atoms with E-state index >= 15 is 0 Å². The van der Waals surface area contributed by atoms with E-state index < -0.39 is 10.0 Å². The SMILES string of the molecule is Cc1nnc(NCCc2ccc(S(N)(=O)=O)s2)c(C#N)c1C. The van der Waals surface area contributed by atoms with E-state index in [1.807, 2.05) is 6.92 Å². The Morgan fingerprint density at radius 3 is 2.68 bits per heavy atom.